The number of rotatable bonds is 8. The first kappa shape index (κ1) is 22.9. The number of aryl methyl sites for hydroxylation is 1. The molecule has 1 aliphatic rings. The number of ether oxygens (including phenoxy) is 1. The molecule has 170 valence electrons. The van der Waals surface area contributed by atoms with Gasteiger partial charge in [0.25, 0.3) is 0 Å². The van der Waals surface area contributed by atoms with Gasteiger partial charge in [-0.3, -0.25) is 9.58 Å². The van der Waals surface area contributed by atoms with Crippen LogP contribution in [0.2, 0.25) is 5.02 Å². The molecule has 7 heteroatoms. The molecule has 1 aliphatic heterocycles. The topological polar surface area (TPSA) is 42.3 Å². The predicted molar refractivity (Wildman–Crippen MR) is 125 cm³/mol. The molecule has 0 amide bonds. The Bertz CT molecular complexity index is 1030. The molecular weight excluding hydrogens is 427 g/mol. The van der Waals surface area contributed by atoms with E-state index in [4.69, 9.17) is 21.4 Å². The largest absolute Gasteiger partial charge is 0.379 e. The zero-order valence-corrected chi connectivity index (χ0v) is 19.4. The van der Waals surface area contributed by atoms with Gasteiger partial charge in [-0.25, -0.2) is 4.39 Å². The van der Waals surface area contributed by atoms with Crippen molar-refractivity contribution >= 4 is 11.6 Å². The third-order valence-corrected chi connectivity index (χ3v) is 6.56. The van der Waals surface area contributed by atoms with E-state index in [1.807, 2.05) is 48.0 Å². The second-order valence-corrected chi connectivity index (χ2v) is 8.65. The molecule has 5 nitrogen and oxygen atoms in total. The smallest absolute Gasteiger partial charge is 0.123 e. The maximum Gasteiger partial charge on any atom is 0.123 e. The highest BCUT2D eigenvalue weighted by Gasteiger charge is 2.23. The average Bonchev–Trinajstić information content (AvgIpc) is 3.07. The number of benzene rings is 2. The fourth-order valence-corrected chi connectivity index (χ4v) is 4.49. The van der Waals surface area contributed by atoms with Crippen molar-refractivity contribution in [2.45, 2.75) is 33.0 Å². The molecule has 0 bridgehead atoms. The number of nitrogens with one attached hydrogen (secondary N) is 1. The standard InChI is InChI=1S/C25H30ClFN4O/c1-18-23(19(2)31(29-18)17-21-5-3-4-6-24(21)26)15-28-16-25(30-11-13-32-14-12-30)20-7-9-22(27)10-8-20/h3-10,25,28H,11-17H2,1-2H3. The van der Waals surface area contributed by atoms with Crippen LogP contribution in [0.25, 0.3) is 0 Å². The summed E-state index contributed by atoms with van der Waals surface area (Å²) in [5, 5.41) is 9.14. The molecule has 1 unspecified atom stereocenters. The summed E-state index contributed by atoms with van der Waals surface area (Å²) in [7, 11) is 0. The zero-order chi connectivity index (χ0) is 22.5. The Balaban J connectivity index is 1.45. The van der Waals surface area contributed by atoms with Gasteiger partial charge in [0.2, 0.25) is 0 Å². The van der Waals surface area contributed by atoms with Crippen molar-refractivity contribution in [3.8, 4) is 0 Å². The van der Waals surface area contributed by atoms with Crippen LogP contribution in [0.3, 0.4) is 0 Å². The predicted octanol–water partition coefficient (Wildman–Crippen LogP) is 4.50. The Morgan fingerprint density at radius 3 is 2.53 bits per heavy atom. The number of halogens is 2. The molecule has 2 aromatic carbocycles. The van der Waals surface area contributed by atoms with Crippen molar-refractivity contribution in [2.24, 2.45) is 0 Å². The van der Waals surface area contributed by atoms with Gasteiger partial charge in [0.15, 0.2) is 0 Å². The monoisotopic (exact) mass is 456 g/mol. The minimum absolute atomic E-state index is 0.165. The molecule has 1 aromatic heterocycles. The third-order valence-electron chi connectivity index (χ3n) is 6.19. The Hall–Kier alpha value is -2.25. The van der Waals surface area contributed by atoms with Crippen molar-refractivity contribution in [3.05, 3.63) is 87.4 Å². The Morgan fingerprint density at radius 2 is 1.81 bits per heavy atom. The van der Waals surface area contributed by atoms with E-state index < -0.39 is 0 Å². The van der Waals surface area contributed by atoms with Crippen molar-refractivity contribution in [1.82, 2.24) is 20.0 Å². The summed E-state index contributed by atoms with van der Waals surface area (Å²) >= 11 is 6.34. The van der Waals surface area contributed by atoms with Crippen LogP contribution in [0.4, 0.5) is 4.39 Å². The second kappa shape index (κ2) is 10.6. The van der Waals surface area contributed by atoms with Crippen LogP contribution in [0, 0.1) is 19.7 Å². The molecule has 1 saturated heterocycles. The molecule has 4 rings (SSSR count). The third kappa shape index (κ3) is 5.38. The SMILES string of the molecule is Cc1nn(Cc2ccccc2Cl)c(C)c1CNCC(c1ccc(F)cc1)N1CCOCC1. The van der Waals surface area contributed by atoms with Gasteiger partial charge in [-0.1, -0.05) is 41.9 Å². The molecule has 0 spiro atoms. The average molecular weight is 457 g/mol. The Morgan fingerprint density at radius 1 is 1.09 bits per heavy atom. The highest BCUT2D eigenvalue weighted by atomic mass is 35.5. The second-order valence-electron chi connectivity index (χ2n) is 8.25. The van der Waals surface area contributed by atoms with Crippen LogP contribution in [-0.4, -0.2) is 47.5 Å². The number of aromatic nitrogens is 2. The molecule has 32 heavy (non-hydrogen) atoms. The summed E-state index contributed by atoms with van der Waals surface area (Å²) in [5.41, 5.74) is 5.54. The molecule has 2 heterocycles. The van der Waals surface area contributed by atoms with Gasteiger partial charge >= 0.3 is 0 Å². The van der Waals surface area contributed by atoms with E-state index in [0.717, 1.165) is 66.9 Å². The molecule has 1 N–H and O–H groups in total. The van der Waals surface area contributed by atoms with Crippen molar-refractivity contribution < 1.29 is 9.13 Å². The first-order valence-corrected chi connectivity index (χ1v) is 11.4. The molecule has 1 fully saturated rings. The number of hydrogen-bond acceptors (Lipinski definition) is 4. The summed E-state index contributed by atoms with van der Waals surface area (Å²) in [6.07, 6.45) is 0. The lowest BCUT2D eigenvalue weighted by Crippen LogP contribution is -2.42. The number of hydrogen-bond donors (Lipinski definition) is 1. The van der Waals surface area contributed by atoms with Gasteiger partial charge in [0.05, 0.1) is 25.5 Å². The summed E-state index contributed by atoms with van der Waals surface area (Å²) in [4.78, 5) is 2.41. The van der Waals surface area contributed by atoms with Crippen molar-refractivity contribution in [2.75, 3.05) is 32.8 Å². The minimum atomic E-state index is -0.209. The summed E-state index contributed by atoms with van der Waals surface area (Å²) < 4.78 is 21.0. The van der Waals surface area contributed by atoms with E-state index in [0.29, 0.717) is 6.54 Å². The summed E-state index contributed by atoms with van der Waals surface area (Å²) in [5.74, 6) is -0.209. The van der Waals surface area contributed by atoms with Crippen LogP contribution in [0.5, 0.6) is 0 Å². The lowest BCUT2D eigenvalue weighted by atomic mass is 10.0. The summed E-state index contributed by atoms with van der Waals surface area (Å²) in [6, 6.07) is 14.9. The Kier molecular flexibility index (Phi) is 7.58. The molecular formula is C25H30ClFN4O. The van der Waals surface area contributed by atoms with Gasteiger partial charge in [0.1, 0.15) is 5.82 Å². The summed E-state index contributed by atoms with van der Waals surface area (Å²) in [6.45, 7) is 9.49. The zero-order valence-electron chi connectivity index (χ0n) is 18.7. The molecule has 3 aromatic rings. The van der Waals surface area contributed by atoms with Crippen LogP contribution in [-0.2, 0) is 17.8 Å². The quantitative estimate of drug-likeness (QED) is 0.541. The Labute approximate surface area is 194 Å². The van der Waals surface area contributed by atoms with E-state index in [1.54, 1.807) is 0 Å². The number of nitrogens with zero attached hydrogens (tertiary/aromatic N) is 3. The lowest BCUT2D eigenvalue weighted by molar-refractivity contribution is 0.0161. The van der Waals surface area contributed by atoms with Crippen molar-refractivity contribution in [3.63, 3.8) is 0 Å². The van der Waals surface area contributed by atoms with E-state index in [9.17, 15) is 4.39 Å². The minimum Gasteiger partial charge on any atom is -0.379 e. The normalized spacial score (nSPS) is 15.8. The van der Waals surface area contributed by atoms with Crippen LogP contribution in [0.1, 0.15) is 34.1 Å². The van der Waals surface area contributed by atoms with Crippen LogP contribution >= 0.6 is 11.6 Å². The molecule has 0 radical (unpaired) electrons. The molecule has 1 atom stereocenters. The fraction of sp³-hybridized carbons (Fsp3) is 0.400. The first-order chi connectivity index (χ1) is 15.5. The first-order valence-electron chi connectivity index (χ1n) is 11.1. The maximum absolute atomic E-state index is 13.5. The molecule has 0 saturated carbocycles. The van der Waals surface area contributed by atoms with E-state index in [1.165, 1.54) is 17.7 Å². The highest BCUT2D eigenvalue weighted by Crippen LogP contribution is 2.23. The van der Waals surface area contributed by atoms with E-state index in [-0.39, 0.29) is 11.9 Å². The van der Waals surface area contributed by atoms with Crippen LogP contribution in [0.15, 0.2) is 48.5 Å². The van der Waals surface area contributed by atoms with E-state index >= 15 is 0 Å². The maximum atomic E-state index is 13.5. The highest BCUT2D eigenvalue weighted by molar-refractivity contribution is 6.31. The van der Waals surface area contributed by atoms with Gasteiger partial charge in [-0.2, -0.15) is 5.10 Å². The van der Waals surface area contributed by atoms with E-state index in [2.05, 4.69) is 17.1 Å². The van der Waals surface area contributed by atoms with Gasteiger partial charge in [-0.05, 0) is 43.2 Å². The lowest BCUT2D eigenvalue weighted by Gasteiger charge is -2.35. The van der Waals surface area contributed by atoms with Gasteiger partial charge in [0, 0.05) is 48.5 Å². The van der Waals surface area contributed by atoms with Crippen LogP contribution < -0.4 is 5.32 Å². The van der Waals surface area contributed by atoms with Crippen molar-refractivity contribution in [1.29, 1.82) is 0 Å². The van der Waals surface area contributed by atoms with Gasteiger partial charge in [-0.15, -0.1) is 0 Å². The number of morpholine rings is 1. The fourth-order valence-electron chi connectivity index (χ4n) is 4.30. The van der Waals surface area contributed by atoms with Gasteiger partial charge < -0.3 is 10.1 Å². The molecule has 0 aliphatic carbocycles.